The Labute approximate surface area is 123 Å². The zero-order valence-electron chi connectivity index (χ0n) is 11.5. The monoisotopic (exact) mass is 293 g/mol. The number of benzene rings is 1. The number of carbonyl (C=O) groups is 2. The van der Waals surface area contributed by atoms with Crippen LogP contribution in [0.4, 0.5) is 0 Å². The molecule has 0 atom stereocenters. The molecule has 5 heteroatoms. The highest BCUT2D eigenvalue weighted by Crippen LogP contribution is 2.30. The molecule has 1 aliphatic carbocycles. The van der Waals surface area contributed by atoms with Crippen LogP contribution in [-0.4, -0.2) is 41.2 Å². The highest BCUT2D eigenvalue weighted by atomic mass is 32.2. The van der Waals surface area contributed by atoms with E-state index in [9.17, 15) is 9.59 Å². The third-order valence-electron chi connectivity index (χ3n) is 3.30. The summed E-state index contributed by atoms with van der Waals surface area (Å²) >= 11 is 1.73. The molecule has 0 spiro atoms. The number of hydrogen-bond donors (Lipinski definition) is 1. The molecule has 1 saturated carbocycles. The van der Waals surface area contributed by atoms with Gasteiger partial charge in [0.15, 0.2) is 0 Å². The molecular weight excluding hydrogens is 274 g/mol. The molecule has 4 nitrogen and oxygen atoms in total. The molecule has 0 bridgehead atoms. The maximum atomic E-state index is 12.4. The Kier molecular flexibility index (Phi) is 5.06. The molecule has 0 saturated heterocycles. The Bertz CT molecular complexity index is 482. The van der Waals surface area contributed by atoms with Crippen LogP contribution in [0, 0.1) is 5.92 Å². The van der Waals surface area contributed by atoms with Gasteiger partial charge in [0.25, 0.3) is 5.91 Å². The van der Waals surface area contributed by atoms with Crippen LogP contribution >= 0.6 is 11.8 Å². The molecule has 2 rings (SSSR count). The predicted molar refractivity (Wildman–Crippen MR) is 79.9 cm³/mol. The largest absolute Gasteiger partial charge is 0.480 e. The number of thioether (sulfide) groups is 1. The van der Waals surface area contributed by atoms with Gasteiger partial charge in [-0.15, -0.1) is 0 Å². The van der Waals surface area contributed by atoms with Crippen LogP contribution in [0.3, 0.4) is 0 Å². The number of amides is 1. The van der Waals surface area contributed by atoms with Crippen molar-refractivity contribution in [3.63, 3.8) is 0 Å². The van der Waals surface area contributed by atoms with Crippen LogP contribution in [0.15, 0.2) is 24.3 Å². The fourth-order valence-electron chi connectivity index (χ4n) is 2.09. The minimum atomic E-state index is -0.960. The quantitative estimate of drug-likeness (QED) is 0.839. The molecule has 1 aromatic rings. The fraction of sp³-hybridized carbons (Fsp3) is 0.467. The fourth-order valence-corrected chi connectivity index (χ4v) is 2.61. The van der Waals surface area contributed by atoms with Crippen molar-refractivity contribution >= 4 is 23.6 Å². The molecule has 108 valence electrons. The Morgan fingerprint density at radius 2 is 1.95 bits per heavy atom. The van der Waals surface area contributed by atoms with Gasteiger partial charge in [-0.2, -0.15) is 11.8 Å². The second-order valence-electron chi connectivity index (χ2n) is 5.15. The zero-order valence-corrected chi connectivity index (χ0v) is 12.4. The van der Waals surface area contributed by atoms with Crippen LogP contribution < -0.4 is 0 Å². The normalized spacial score (nSPS) is 14.1. The second-order valence-corrected chi connectivity index (χ2v) is 6.02. The van der Waals surface area contributed by atoms with Gasteiger partial charge in [-0.1, -0.05) is 12.1 Å². The summed E-state index contributed by atoms with van der Waals surface area (Å²) in [5.41, 5.74) is 1.73. The number of hydrogen-bond acceptors (Lipinski definition) is 3. The lowest BCUT2D eigenvalue weighted by Crippen LogP contribution is -2.37. The molecule has 1 aromatic carbocycles. The third kappa shape index (κ3) is 4.27. The standard InChI is InChI=1S/C15H19NO3S/c1-20-10-12-4-6-13(7-5-12)15(19)16(9-14(17)18)8-11-2-3-11/h4-7,11H,2-3,8-10H2,1H3,(H,17,18). The van der Waals surface area contributed by atoms with Crippen LogP contribution in [0.25, 0.3) is 0 Å². The van der Waals surface area contributed by atoms with E-state index in [-0.39, 0.29) is 12.5 Å². The van der Waals surface area contributed by atoms with Crippen molar-refractivity contribution in [1.29, 1.82) is 0 Å². The number of nitrogens with zero attached hydrogens (tertiary/aromatic N) is 1. The van der Waals surface area contributed by atoms with Crippen molar-refractivity contribution in [3.05, 3.63) is 35.4 Å². The smallest absolute Gasteiger partial charge is 0.323 e. The van der Waals surface area contributed by atoms with Crippen molar-refractivity contribution < 1.29 is 14.7 Å². The second kappa shape index (κ2) is 6.79. The highest BCUT2D eigenvalue weighted by molar-refractivity contribution is 7.97. The lowest BCUT2D eigenvalue weighted by molar-refractivity contribution is -0.137. The number of aliphatic carboxylic acids is 1. The summed E-state index contributed by atoms with van der Waals surface area (Å²) in [6, 6.07) is 7.44. The van der Waals surface area contributed by atoms with Gasteiger partial charge in [0.05, 0.1) is 0 Å². The van der Waals surface area contributed by atoms with Gasteiger partial charge in [-0.25, -0.2) is 0 Å². The first-order valence-electron chi connectivity index (χ1n) is 6.69. The molecule has 0 aliphatic heterocycles. The van der Waals surface area contributed by atoms with Gasteiger partial charge in [0, 0.05) is 17.9 Å². The SMILES string of the molecule is CSCc1ccc(C(=O)N(CC(=O)O)CC2CC2)cc1. The highest BCUT2D eigenvalue weighted by Gasteiger charge is 2.28. The van der Waals surface area contributed by atoms with Crippen LogP contribution in [0.2, 0.25) is 0 Å². The lowest BCUT2D eigenvalue weighted by atomic mass is 10.1. The summed E-state index contributed by atoms with van der Waals surface area (Å²) in [7, 11) is 0. The maximum Gasteiger partial charge on any atom is 0.323 e. The summed E-state index contributed by atoms with van der Waals surface area (Å²) in [6.45, 7) is 0.333. The van der Waals surface area contributed by atoms with Crippen molar-refractivity contribution in [2.45, 2.75) is 18.6 Å². The lowest BCUT2D eigenvalue weighted by Gasteiger charge is -2.20. The van der Waals surface area contributed by atoms with Gasteiger partial charge in [-0.3, -0.25) is 9.59 Å². The number of carboxylic acids is 1. The Balaban J connectivity index is 2.06. The molecule has 0 unspecified atom stereocenters. The van der Waals surface area contributed by atoms with E-state index < -0.39 is 5.97 Å². The number of carboxylic acid groups (broad SMARTS) is 1. The average molecular weight is 293 g/mol. The Morgan fingerprint density at radius 3 is 2.45 bits per heavy atom. The molecule has 1 fully saturated rings. The topological polar surface area (TPSA) is 57.6 Å². The van der Waals surface area contributed by atoms with E-state index >= 15 is 0 Å². The van der Waals surface area contributed by atoms with Crippen molar-refractivity contribution in [2.75, 3.05) is 19.3 Å². The van der Waals surface area contributed by atoms with Crippen molar-refractivity contribution in [1.82, 2.24) is 4.90 Å². The summed E-state index contributed by atoms with van der Waals surface area (Å²) in [6.07, 6.45) is 4.22. The molecule has 20 heavy (non-hydrogen) atoms. The van der Waals surface area contributed by atoms with Gasteiger partial charge < -0.3 is 10.0 Å². The minimum Gasteiger partial charge on any atom is -0.480 e. The Hall–Kier alpha value is -1.49. The van der Waals surface area contributed by atoms with Crippen LogP contribution in [-0.2, 0) is 10.5 Å². The van der Waals surface area contributed by atoms with Gasteiger partial charge in [0.2, 0.25) is 0 Å². The first-order valence-corrected chi connectivity index (χ1v) is 8.08. The molecule has 1 aliphatic rings. The molecular formula is C15H19NO3S. The van der Waals surface area contributed by atoms with Gasteiger partial charge >= 0.3 is 5.97 Å². The van der Waals surface area contributed by atoms with E-state index in [4.69, 9.17) is 5.11 Å². The zero-order chi connectivity index (χ0) is 14.5. The molecule has 0 aromatic heterocycles. The summed E-state index contributed by atoms with van der Waals surface area (Å²) in [4.78, 5) is 24.7. The molecule has 1 amide bonds. The van der Waals surface area contributed by atoms with E-state index in [1.54, 1.807) is 23.9 Å². The third-order valence-corrected chi connectivity index (χ3v) is 3.92. The average Bonchev–Trinajstić information content (AvgIpc) is 3.22. The molecule has 0 radical (unpaired) electrons. The van der Waals surface area contributed by atoms with E-state index in [1.807, 2.05) is 18.4 Å². The van der Waals surface area contributed by atoms with E-state index in [0.717, 1.165) is 18.6 Å². The van der Waals surface area contributed by atoms with E-state index in [1.165, 1.54) is 10.5 Å². The first-order chi connectivity index (χ1) is 9.60. The van der Waals surface area contributed by atoms with E-state index in [2.05, 4.69) is 0 Å². The Morgan fingerprint density at radius 1 is 1.30 bits per heavy atom. The first kappa shape index (κ1) is 14.9. The van der Waals surface area contributed by atoms with Crippen molar-refractivity contribution in [2.24, 2.45) is 5.92 Å². The van der Waals surface area contributed by atoms with Gasteiger partial charge in [0.1, 0.15) is 6.54 Å². The van der Waals surface area contributed by atoms with Crippen molar-refractivity contribution in [3.8, 4) is 0 Å². The maximum absolute atomic E-state index is 12.4. The summed E-state index contributed by atoms with van der Waals surface area (Å²) in [5, 5.41) is 8.93. The number of carbonyl (C=O) groups excluding carboxylic acids is 1. The summed E-state index contributed by atoms with van der Waals surface area (Å²) < 4.78 is 0. The number of rotatable bonds is 7. The predicted octanol–water partition coefficient (Wildman–Crippen LogP) is 2.49. The summed E-state index contributed by atoms with van der Waals surface area (Å²) in [5.74, 6) is 0.247. The van der Waals surface area contributed by atoms with Gasteiger partial charge in [-0.05, 0) is 42.7 Å². The molecule has 0 heterocycles. The minimum absolute atomic E-state index is 0.185. The van der Waals surface area contributed by atoms with Crippen LogP contribution in [0.5, 0.6) is 0 Å². The van der Waals surface area contributed by atoms with Crippen LogP contribution in [0.1, 0.15) is 28.8 Å². The molecule has 1 N–H and O–H groups in total. The van der Waals surface area contributed by atoms with E-state index in [0.29, 0.717) is 18.0 Å².